The van der Waals surface area contributed by atoms with Gasteiger partial charge < -0.3 is 20.5 Å². The second-order valence-corrected chi connectivity index (χ2v) is 7.83. The molecule has 4 rings (SSSR count). The Bertz CT molecular complexity index is 635. The lowest BCUT2D eigenvalue weighted by molar-refractivity contribution is -0.0108. The number of nitrogens with two attached hydrogens (primary N) is 1. The normalized spacial score (nSPS) is 34.4. The lowest BCUT2D eigenvalue weighted by Gasteiger charge is -2.49. The van der Waals surface area contributed by atoms with Crippen molar-refractivity contribution in [2.75, 3.05) is 6.61 Å². The van der Waals surface area contributed by atoms with Gasteiger partial charge in [0.05, 0.1) is 18.8 Å². The molecule has 1 aromatic rings. The maximum absolute atomic E-state index is 12.5. The van der Waals surface area contributed by atoms with Gasteiger partial charge in [-0.15, -0.1) is 0 Å². The van der Waals surface area contributed by atoms with E-state index in [9.17, 15) is 9.90 Å². The van der Waals surface area contributed by atoms with E-state index in [1.54, 1.807) is 0 Å². The summed E-state index contributed by atoms with van der Waals surface area (Å²) in [7, 11) is 0. The van der Waals surface area contributed by atoms with Crippen LogP contribution in [0.2, 0.25) is 0 Å². The number of ether oxygens (including phenoxy) is 1. The maximum Gasteiger partial charge on any atom is 0.315 e. The van der Waals surface area contributed by atoms with Crippen LogP contribution < -0.4 is 10.5 Å². The molecule has 2 saturated carbocycles. The SMILES string of the molecule is NC(=O)N(C1CCCC2CCC(O)CC21)[C@H]1CCOc2ccccc21. The van der Waals surface area contributed by atoms with Crippen LogP contribution in [0.1, 0.15) is 56.6 Å². The first-order valence-corrected chi connectivity index (χ1v) is 9.62. The molecule has 25 heavy (non-hydrogen) atoms. The minimum absolute atomic E-state index is 0.0229. The number of aliphatic hydroxyl groups is 1. The molecular weight excluding hydrogens is 316 g/mol. The van der Waals surface area contributed by atoms with Crippen LogP contribution in [-0.2, 0) is 0 Å². The number of primary amides is 1. The molecule has 0 aromatic heterocycles. The highest BCUT2D eigenvalue weighted by atomic mass is 16.5. The zero-order valence-electron chi connectivity index (χ0n) is 14.6. The van der Waals surface area contributed by atoms with Gasteiger partial charge in [-0.25, -0.2) is 4.79 Å². The third-order valence-electron chi connectivity index (χ3n) is 6.46. The van der Waals surface area contributed by atoms with Gasteiger partial charge in [-0.1, -0.05) is 31.0 Å². The number of hydrogen-bond donors (Lipinski definition) is 2. The van der Waals surface area contributed by atoms with Crippen molar-refractivity contribution >= 4 is 6.03 Å². The Labute approximate surface area is 149 Å². The molecule has 4 unspecified atom stereocenters. The summed E-state index contributed by atoms with van der Waals surface area (Å²) in [4.78, 5) is 14.4. The fourth-order valence-electron chi connectivity index (χ4n) is 5.38. The summed E-state index contributed by atoms with van der Waals surface area (Å²) in [6.45, 7) is 0.606. The number of fused-ring (bicyclic) bond motifs is 2. The number of amides is 2. The van der Waals surface area contributed by atoms with Crippen molar-refractivity contribution in [3.8, 4) is 5.75 Å². The van der Waals surface area contributed by atoms with Crippen LogP contribution in [0.5, 0.6) is 5.75 Å². The highest BCUT2D eigenvalue weighted by Gasteiger charge is 2.44. The molecule has 1 aromatic carbocycles. The molecule has 0 radical (unpaired) electrons. The van der Waals surface area contributed by atoms with Crippen LogP contribution in [-0.4, -0.2) is 34.8 Å². The van der Waals surface area contributed by atoms with Crippen LogP contribution in [0.3, 0.4) is 0 Å². The fraction of sp³-hybridized carbons (Fsp3) is 0.650. The first kappa shape index (κ1) is 16.7. The van der Waals surface area contributed by atoms with E-state index >= 15 is 0 Å². The minimum Gasteiger partial charge on any atom is -0.493 e. The van der Waals surface area contributed by atoms with Crippen molar-refractivity contribution in [3.05, 3.63) is 29.8 Å². The third-order valence-corrected chi connectivity index (χ3v) is 6.46. The second-order valence-electron chi connectivity index (χ2n) is 7.83. The van der Waals surface area contributed by atoms with E-state index in [-0.39, 0.29) is 24.2 Å². The van der Waals surface area contributed by atoms with E-state index < -0.39 is 0 Å². The van der Waals surface area contributed by atoms with Gasteiger partial charge in [0.2, 0.25) is 0 Å². The molecular formula is C20H28N2O3. The molecule has 136 valence electrons. The van der Waals surface area contributed by atoms with Gasteiger partial charge in [0.1, 0.15) is 5.75 Å². The molecule has 1 aliphatic heterocycles. The van der Waals surface area contributed by atoms with Gasteiger partial charge in [0.25, 0.3) is 0 Å². The molecule has 0 saturated heterocycles. The predicted octanol–water partition coefficient (Wildman–Crippen LogP) is 3.22. The van der Waals surface area contributed by atoms with E-state index in [1.165, 1.54) is 6.42 Å². The highest BCUT2D eigenvalue weighted by Crippen LogP contribution is 2.46. The zero-order valence-corrected chi connectivity index (χ0v) is 14.6. The predicted molar refractivity (Wildman–Crippen MR) is 95.2 cm³/mol. The Morgan fingerprint density at radius 3 is 2.84 bits per heavy atom. The van der Waals surface area contributed by atoms with Crippen molar-refractivity contribution in [2.45, 2.75) is 63.1 Å². The number of carbonyl (C=O) groups is 1. The molecule has 2 aliphatic carbocycles. The average molecular weight is 344 g/mol. The monoisotopic (exact) mass is 344 g/mol. The first-order chi connectivity index (χ1) is 12.1. The lowest BCUT2D eigenvalue weighted by atomic mass is 9.67. The van der Waals surface area contributed by atoms with Gasteiger partial charge in [-0.2, -0.15) is 0 Å². The molecule has 3 N–H and O–H groups in total. The molecule has 5 heteroatoms. The van der Waals surface area contributed by atoms with E-state index in [1.807, 2.05) is 29.2 Å². The van der Waals surface area contributed by atoms with E-state index in [2.05, 4.69) is 0 Å². The maximum atomic E-state index is 12.5. The molecule has 5 atom stereocenters. The van der Waals surface area contributed by atoms with E-state index in [4.69, 9.17) is 10.5 Å². The molecule has 2 amide bonds. The summed E-state index contributed by atoms with van der Waals surface area (Å²) in [5, 5.41) is 10.2. The molecule has 5 nitrogen and oxygen atoms in total. The van der Waals surface area contributed by atoms with Crippen molar-refractivity contribution in [1.29, 1.82) is 0 Å². The molecule has 0 bridgehead atoms. The van der Waals surface area contributed by atoms with Gasteiger partial charge >= 0.3 is 6.03 Å². The second kappa shape index (κ2) is 6.87. The number of rotatable bonds is 2. The number of urea groups is 1. The molecule has 2 fully saturated rings. The Hall–Kier alpha value is -1.75. The molecule has 1 heterocycles. The number of benzene rings is 1. The van der Waals surface area contributed by atoms with Gasteiger partial charge in [0.15, 0.2) is 0 Å². The summed E-state index contributed by atoms with van der Waals surface area (Å²) >= 11 is 0. The van der Waals surface area contributed by atoms with Crippen LogP contribution >= 0.6 is 0 Å². The summed E-state index contributed by atoms with van der Waals surface area (Å²) in [5.74, 6) is 1.83. The van der Waals surface area contributed by atoms with Gasteiger partial charge in [-0.3, -0.25) is 0 Å². The Balaban J connectivity index is 1.66. The Morgan fingerprint density at radius 1 is 1.16 bits per heavy atom. The van der Waals surface area contributed by atoms with E-state index in [0.29, 0.717) is 18.4 Å². The topological polar surface area (TPSA) is 75.8 Å². The average Bonchev–Trinajstić information content (AvgIpc) is 2.62. The molecule has 0 spiro atoms. The van der Waals surface area contributed by atoms with Gasteiger partial charge in [-0.05, 0) is 43.6 Å². The largest absolute Gasteiger partial charge is 0.493 e. The standard InChI is InChI=1S/C20H28N2O3/c21-20(24)22(18-10-11-25-19-7-2-1-5-15(18)19)17-6-3-4-13-8-9-14(23)12-16(13)17/h1-2,5,7,13-14,16-18,23H,3-4,6,8-12H2,(H2,21,24)/t13?,14?,16?,17?,18-/m0/s1. The number of carbonyl (C=O) groups excluding carboxylic acids is 1. The van der Waals surface area contributed by atoms with Crippen LogP contribution in [0.15, 0.2) is 24.3 Å². The number of hydrogen-bond acceptors (Lipinski definition) is 3. The number of nitrogens with zero attached hydrogens (tertiary/aromatic N) is 1. The smallest absolute Gasteiger partial charge is 0.315 e. The summed E-state index contributed by atoms with van der Waals surface area (Å²) in [6, 6.07) is 7.73. The number of para-hydroxylation sites is 1. The van der Waals surface area contributed by atoms with Crippen LogP contribution in [0.25, 0.3) is 0 Å². The Morgan fingerprint density at radius 2 is 2.00 bits per heavy atom. The van der Waals surface area contributed by atoms with Crippen molar-refractivity contribution in [3.63, 3.8) is 0 Å². The third kappa shape index (κ3) is 3.10. The van der Waals surface area contributed by atoms with E-state index in [0.717, 1.165) is 49.8 Å². The number of aliphatic hydroxyl groups excluding tert-OH is 1. The van der Waals surface area contributed by atoms with Crippen molar-refractivity contribution < 1.29 is 14.6 Å². The summed E-state index contributed by atoms with van der Waals surface area (Å²) in [5.41, 5.74) is 6.96. The first-order valence-electron chi connectivity index (χ1n) is 9.62. The minimum atomic E-state index is -0.340. The lowest BCUT2D eigenvalue weighted by Crippen LogP contribution is -2.54. The zero-order chi connectivity index (χ0) is 17.4. The Kier molecular flexibility index (Phi) is 4.59. The van der Waals surface area contributed by atoms with Crippen molar-refractivity contribution in [1.82, 2.24) is 4.90 Å². The summed E-state index contributed by atoms with van der Waals surface area (Å²) < 4.78 is 5.78. The highest BCUT2D eigenvalue weighted by molar-refractivity contribution is 5.73. The van der Waals surface area contributed by atoms with Crippen LogP contribution in [0, 0.1) is 11.8 Å². The summed E-state index contributed by atoms with van der Waals surface area (Å²) in [6.07, 6.45) is 6.63. The van der Waals surface area contributed by atoms with Gasteiger partial charge in [0, 0.05) is 18.0 Å². The quantitative estimate of drug-likeness (QED) is 0.865. The van der Waals surface area contributed by atoms with Crippen LogP contribution in [0.4, 0.5) is 4.79 Å². The molecule has 3 aliphatic rings. The van der Waals surface area contributed by atoms with Crippen molar-refractivity contribution in [2.24, 2.45) is 17.6 Å². The fourth-order valence-corrected chi connectivity index (χ4v) is 5.38.